The Morgan fingerprint density at radius 1 is 1.07 bits per heavy atom. The second-order valence-electron chi connectivity index (χ2n) is 10.8. The Kier molecular flexibility index (Phi) is 7.49. The Balaban J connectivity index is 1.34. The molecule has 2 aromatic heterocycles. The highest BCUT2D eigenvalue weighted by Crippen LogP contribution is 2.68. The smallest absolute Gasteiger partial charge is 0.293 e. The zero-order valence-corrected chi connectivity index (χ0v) is 22.8. The topological polar surface area (TPSA) is 69.0 Å². The summed E-state index contributed by atoms with van der Waals surface area (Å²) in [6.45, 7) is -0.360. The number of ether oxygens (including phenoxy) is 1. The van der Waals surface area contributed by atoms with Crippen molar-refractivity contribution < 1.29 is 35.9 Å². The van der Waals surface area contributed by atoms with Gasteiger partial charge in [0, 0.05) is 36.4 Å². The number of methoxy groups -OCH3 is 1. The molecule has 12 heteroatoms. The van der Waals surface area contributed by atoms with Gasteiger partial charge >= 0.3 is 0 Å². The molecule has 6 nitrogen and oxygen atoms in total. The number of pyridine rings is 1. The number of carbonyl (C=O) groups is 1. The first-order valence-electron chi connectivity index (χ1n) is 13.6. The van der Waals surface area contributed by atoms with Crippen molar-refractivity contribution in [1.29, 1.82) is 0 Å². The molecule has 2 aliphatic carbocycles. The molecule has 1 N–H and O–H groups in total. The summed E-state index contributed by atoms with van der Waals surface area (Å²) in [6, 6.07) is 12.8. The number of hydrogen-bond donors (Lipinski definition) is 1. The van der Waals surface area contributed by atoms with Crippen LogP contribution >= 0.6 is 0 Å². The van der Waals surface area contributed by atoms with Gasteiger partial charge in [0.15, 0.2) is 0 Å². The van der Waals surface area contributed by atoms with E-state index in [1.807, 2.05) is 24.3 Å². The normalized spacial score (nSPS) is 18.8. The molecule has 2 heterocycles. The van der Waals surface area contributed by atoms with Gasteiger partial charge in [-0.25, -0.2) is 17.6 Å². The molecule has 3 atom stereocenters. The molecule has 2 aliphatic rings. The van der Waals surface area contributed by atoms with Gasteiger partial charge in [-0.3, -0.25) is 14.5 Å². The number of benzene rings is 2. The number of fused-ring (bicyclic) bond motifs is 3. The highest BCUT2D eigenvalue weighted by Gasteiger charge is 2.67. The van der Waals surface area contributed by atoms with Crippen molar-refractivity contribution in [2.45, 2.75) is 50.3 Å². The van der Waals surface area contributed by atoms with Crippen molar-refractivity contribution in [3.63, 3.8) is 0 Å². The van der Waals surface area contributed by atoms with Crippen LogP contribution in [0, 0.1) is 17.6 Å². The Labute approximate surface area is 242 Å². The summed E-state index contributed by atoms with van der Waals surface area (Å²) >= 11 is 0. The minimum atomic E-state index is -3.39. The molecule has 224 valence electrons. The highest BCUT2D eigenvalue weighted by atomic mass is 19.3. The fourth-order valence-electron chi connectivity index (χ4n) is 6.02. The average Bonchev–Trinajstić information content (AvgIpc) is 3.61. The lowest BCUT2D eigenvalue weighted by Crippen LogP contribution is -2.35. The van der Waals surface area contributed by atoms with E-state index in [1.54, 1.807) is 19.2 Å². The highest BCUT2D eigenvalue weighted by molar-refractivity contribution is 5.77. The molecule has 1 saturated carbocycles. The van der Waals surface area contributed by atoms with Gasteiger partial charge in [-0.1, -0.05) is 30.3 Å². The summed E-state index contributed by atoms with van der Waals surface area (Å²) in [4.78, 5) is 17.8. The maximum absolute atomic E-state index is 15.0. The predicted molar refractivity (Wildman–Crippen MR) is 143 cm³/mol. The molecule has 6 rings (SSSR count). The first-order chi connectivity index (χ1) is 20.6. The summed E-state index contributed by atoms with van der Waals surface area (Å²) in [5, 5.41) is 6.45. The van der Waals surface area contributed by atoms with Crippen LogP contribution in [0.1, 0.15) is 58.6 Å². The largest absolute Gasteiger partial charge is 0.380 e. The number of aromatic nitrogens is 3. The second kappa shape index (κ2) is 11.1. The van der Waals surface area contributed by atoms with E-state index in [0.717, 1.165) is 23.3 Å². The van der Waals surface area contributed by atoms with Crippen LogP contribution in [-0.4, -0.2) is 27.8 Å². The number of alkyl halides is 4. The number of hydrogen-bond acceptors (Lipinski definition) is 4. The Morgan fingerprint density at radius 2 is 1.79 bits per heavy atom. The number of nitrogens with one attached hydrogen (secondary N) is 1. The van der Waals surface area contributed by atoms with E-state index in [2.05, 4.69) is 15.4 Å². The van der Waals surface area contributed by atoms with E-state index in [-0.39, 0.29) is 24.0 Å². The predicted octanol–water partition coefficient (Wildman–Crippen LogP) is 6.62. The van der Waals surface area contributed by atoms with E-state index in [4.69, 9.17) is 4.74 Å². The van der Waals surface area contributed by atoms with Crippen LogP contribution in [0.5, 0.6) is 0 Å². The van der Waals surface area contributed by atoms with E-state index < -0.39 is 65.7 Å². The van der Waals surface area contributed by atoms with Crippen molar-refractivity contribution in [1.82, 2.24) is 20.1 Å². The molecule has 0 spiro atoms. The van der Waals surface area contributed by atoms with Crippen molar-refractivity contribution in [3.8, 4) is 11.1 Å². The Morgan fingerprint density at radius 3 is 2.47 bits per heavy atom. The monoisotopic (exact) mass is 600 g/mol. The number of nitrogens with zero attached hydrogens (tertiary/aromatic N) is 3. The molecule has 0 saturated heterocycles. The van der Waals surface area contributed by atoms with Gasteiger partial charge in [-0.2, -0.15) is 13.9 Å². The summed E-state index contributed by atoms with van der Waals surface area (Å²) in [7, 11) is 1.57. The minimum Gasteiger partial charge on any atom is -0.380 e. The average molecular weight is 601 g/mol. The Hall–Kier alpha value is -4.19. The minimum absolute atomic E-state index is 0.0960. The van der Waals surface area contributed by atoms with E-state index in [0.29, 0.717) is 28.6 Å². The molecule has 0 bridgehead atoms. The van der Waals surface area contributed by atoms with Crippen molar-refractivity contribution in [3.05, 3.63) is 106 Å². The van der Waals surface area contributed by atoms with Gasteiger partial charge in [0.05, 0.1) is 18.3 Å². The van der Waals surface area contributed by atoms with Crippen molar-refractivity contribution >= 4 is 5.91 Å². The van der Waals surface area contributed by atoms with Crippen molar-refractivity contribution in [2.75, 3.05) is 7.11 Å². The van der Waals surface area contributed by atoms with E-state index in [1.165, 1.54) is 6.20 Å². The lowest BCUT2D eigenvalue weighted by atomic mass is 9.95. The number of rotatable bonds is 10. The van der Waals surface area contributed by atoms with Gasteiger partial charge < -0.3 is 10.1 Å². The lowest BCUT2D eigenvalue weighted by molar-refractivity contribution is -0.123. The molecule has 1 amide bonds. The van der Waals surface area contributed by atoms with Crippen LogP contribution in [0.25, 0.3) is 11.1 Å². The maximum Gasteiger partial charge on any atom is 0.293 e. The van der Waals surface area contributed by atoms with Gasteiger partial charge in [0.25, 0.3) is 12.3 Å². The standard InChI is InChI=1S/C31H26F6N4O2/c1-43-15-16-4-6-18(7-5-16)21-3-2-8-38-27(21)24(11-17-9-19(32)12-20(33)10-17)39-25(42)14-41-29-26(28(40-41)30(34)35)22-13-23(22)31(29,36)37/h2-10,12,22-24,30H,11,13-15H2,1H3,(H,39,42). The fourth-order valence-corrected chi connectivity index (χ4v) is 6.02. The summed E-state index contributed by atoms with van der Waals surface area (Å²) < 4.78 is 91.5. The Bertz CT molecular complexity index is 1650. The SMILES string of the molecule is COCc1ccc(-c2cccnc2C(Cc2cc(F)cc(F)c2)NC(=O)Cn2nc(C(F)F)c3c2C(F)(F)C2CC32)cc1. The van der Waals surface area contributed by atoms with Gasteiger partial charge in [-0.05, 0) is 53.6 Å². The zero-order chi connectivity index (χ0) is 30.5. The molecule has 0 radical (unpaired) electrons. The van der Waals surface area contributed by atoms with Crippen LogP contribution in [0.15, 0.2) is 60.8 Å². The third-order valence-corrected chi connectivity index (χ3v) is 7.90. The van der Waals surface area contributed by atoms with Gasteiger partial charge in [0.2, 0.25) is 5.91 Å². The number of amides is 1. The lowest BCUT2D eigenvalue weighted by Gasteiger charge is -2.22. The molecule has 1 fully saturated rings. The molecule has 43 heavy (non-hydrogen) atoms. The van der Waals surface area contributed by atoms with E-state index in [9.17, 15) is 22.4 Å². The molecule has 3 unspecified atom stereocenters. The summed E-state index contributed by atoms with van der Waals surface area (Å²) in [5.41, 5.74) is 1.26. The quantitative estimate of drug-likeness (QED) is 0.208. The third kappa shape index (κ3) is 5.51. The summed E-state index contributed by atoms with van der Waals surface area (Å²) in [6.07, 6.45) is -1.59. The van der Waals surface area contributed by atoms with Gasteiger partial charge in [-0.15, -0.1) is 0 Å². The third-order valence-electron chi connectivity index (χ3n) is 7.90. The molecular formula is C31H26F6N4O2. The molecule has 4 aromatic rings. The fraction of sp³-hybridized carbons (Fsp3) is 0.323. The van der Waals surface area contributed by atoms with Crippen LogP contribution < -0.4 is 5.32 Å². The van der Waals surface area contributed by atoms with E-state index >= 15 is 8.78 Å². The first kappa shape index (κ1) is 28.9. The van der Waals surface area contributed by atoms with Crippen LogP contribution in [0.4, 0.5) is 26.3 Å². The van der Waals surface area contributed by atoms with Crippen LogP contribution in [-0.2, 0) is 35.0 Å². The first-order valence-corrected chi connectivity index (χ1v) is 13.6. The van der Waals surface area contributed by atoms with Gasteiger partial charge in [0.1, 0.15) is 29.6 Å². The van der Waals surface area contributed by atoms with Crippen LogP contribution in [0.2, 0.25) is 0 Å². The molecule has 0 aliphatic heterocycles. The molecule has 2 aromatic carbocycles. The van der Waals surface area contributed by atoms with Crippen LogP contribution in [0.3, 0.4) is 0 Å². The van der Waals surface area contributed by atoms with Crippen molar-refractivity contribution in [2.24, 2.45) is 5.92 Å². The second-order valence-corrected chi connectivity index (χ2v) is 10.8. The number of carbonyl (C=O) groups excluding carboxylic acids is 1. The maximum atomic E-state index is 15.0. The zero-order valence-electron chi connectivity index (χ0n) is 22.8. The number of halogens is 6. The molecular weight excluding hydrogens is 574 g/mol. The summed E-state index contributed by atoms with van der Waals surface area (Å²) in [5.74, 6) is -7.61.